The van der Waals surface area contributed by atoms with Gasteiger partial charge in [0.1, 0.15) is 0 Å². The number of nitrogens with zero attached hydrogens (tertiary/aromatic N) is 3. The van der Waals surface area contributed by atoms with E-state index in [0.29, 0.717) is 13.0 Å². The SMILES string of the molecule is O=C(Cc1ccccn1)N1CCCCN2[C@@H](CO)[C@H](c3ccc(Br)cc3)[C@@H]2C1. The van der Waals surface area contributed by atoms with Crippen LogP contribution >= 0.6 is 15.9 Å². The molecule has 0 saturated carbocycles. The lowest BCUT2D eigenvalue weighted by atomic mass is 9.74. The molecule has 1 aromatic carbocycles. The van der Waals surface area contributed by atoms with Gasteiger partial charge in [0, 0.05) is 47.5 Å². The van der Waals surface area contributed by atoms with Gasteiger partial charge in [-0.05, 0) is 49.2 Å². The molecule has 1 N–H and O–H groups in total. The molecule has 1 aromatic heterocycles. The molecule has 3 atom stereocenters. The molecule has 0 bridgehead atoms. The number of pyridine rings is 1. The van der Waals surface area contributed by atoms with E-state index in [-0.39, 0.29) is 30.5 Å². The number of amides is 1. The van der Waals surface area contributed by atoms with Crippen LogP contribution in [0.1, 0.15) is 30.0 Å². The number of carbonyl (C=O) groups excluding carboxylic acids is 1. The van der Waals surface area contributed by atoms with Crippen LogP contribution in [-0.2, 0) is 11.2 Å². The van der Waals surface area contributed by atoms with Crippen molar-refractivity contribution >= 4 is 21.8 Å². The van der Waals surface area contributed by atoms with E-state index in [1.807, 2.05) is 23.1 Å². The summed E-state index contributed by atoms with van der Waals surface area (Å²) >= 11 is 3.50. The fourth-order valence-electron chi connectivity index (χ4n) is 4.62. The van der Waals surface area contributed by atoms with E-state index in [0.717, 1.165) is 36.1 Å². The zero-order valence-corrected chi connectivity index (χ0v) is 17.5. The number of aliphatic hydroxyl groups is 1. The second-order valence-electron chi connectivity index (χ2n) is 7.68. The van der Waals surface area contributed by atoms with Crippen molar-refractivity contribution in [3.63, 3.8) is 0 Å². The Kier molecular flexibility index (Phi) is 6.09. The molecule has 2 saturated heterocycles. The summed E-state index contributed by atoms with van der Waals surface area (Å²) in [5, 5.41) is 10.0. The molecule has 5 nitrogen and oxygen atoms in total. The number of fused-ring (bicyclic) bond motifs is 1. The molecule has 2 aliphatic heterocycles. The molecule has 3 heterocycles. The van der Waals surface area contributed by atoms with Crippen LogP contribution in [-0.4, -0.2) is 64.1 Å². The standard InChI is InChI=1S/C22H26BrN3O2/c23-17-8-6-16(7-9-17)22-19-14-25(11-3-4-12-26(19)20(22)15-27)21(28)13-18-5-1-2-10-24-18/h1-2,5-10,19-20,22,27H,3-4,11-15H2/t19-,20-,22+/m0/s1. The Balaban J connectivity index is 1.52. The van der Waals surface area contributed by atoms with Gasteiger partial charge in [-0.1, -0.05) is 34.1 Å². The van der Waals surface area contributed by atoms with Crippen LogP contribution in [0, 0.1) is 0 Å². The Morgan fingerprint density at radius 2 is 1.93 bits per heavy atom. The van der Waals surface area contributed by atoms with E-state index < -0.39 is 0 Å². The first kappa shape index (κ1) is 19.6. The maximum atomic E-state index is 13.0. The summed E-state index contributed by atoms with van der Waals surface area (Å²) in [4.78, 5) is 21.7. The Hall–Kier alpha value is -1.76. The third-order valence-corrected chi connectivity index (χ3v) is 6.56. The highest BCUT2D eigenvalue weighted by atomic mass is 79.9. The maximum Gasteiger partial charge on any atom is 0.228 e. The minimum Gasteiger partial charge on any atom is -0.395 e. The first-order valence-corrected chi connectivity index (χ1v) is 10.8. The van der Waals surface area contributed by atoms with Crippen molar-refractivity contribution in [3.05, 3.63) is 64.4 Å². The molecular formula is C22H26BrN3O2. The number of aliphatic hydroxyl groups excluding tert-OH is 1. The molecule has 2 fully saturated rings. The number of carbonyl (C=O) groups is 1. The van der Waals surface area contributed by atoms with Crippen LogP contribution in [0.5, 0.6) is 0 Å². The lowest BCUT2D eigenvalue weighted by Crippen LogP contribution is -2.68. The van der Waals surface area contributed by atoms with Crippen LogP contribution in [0.15, 0.2) is 53.1 Å². The summed E-state index contributed by atoms with van der Waals surface area (Å²) in [6.07, 6.45) is 4.13. The van der Waals surface area contributed by atoms with Crippen LogP contribution < -0.4 is 0 Å². The number of benzene rings is 1. The number of rotatable bonds is 4. The van der Waals surface area contributed by atoms with Crippen molar-refractivity contribution in [3.8, 4) is 0 Å². The van der Waals surface area contributed by atoms with Gasteiger partial charge in [0.2, 0.25) is 5.91 Å². The highest BCUT2D eigenvalue weighted by molar-refractivity contribution is 9.10. The summed E-state index contributed by atoms with van der Waals surface area (Å²) < 4.78 is 1.05. The first-order valence-electron chi connectivity index (χ1n) is 9.97. The van der Waals surface area contributed by atoms with E-state index in [1.54, 1.807) is 6.20 Å². The van der Waals surface area contributed by atoms with Crippen molar-refractivity contribution in [2.75, 3.05) is 26.2 Å². The van der Waals surface area contributed by atoms with Gasteiger partial charge in [0.15, 0.2) is 0 Å². The van der Waals surface area contributed by atoms with Crippen molar-refractivity contribution in [1.29, 1.82) is 0 Å². The minimum absolute atomic E-state index is 0.136. The van der Waals surface area contributed by atoms with Gasteiger partial charge in [-0.2, -0.15) is 0 Å². The zero-order valence-electron chi connectivity index (χ0n) is 15.9. The number of hydrogen-bond donors (Lipinski definition) is 1. The van der Waals surface area contributed by atoms with Crippen molar-refractivity contribution in [2.45, 2.75) is 37.3 Å². The number of hydrogen-bond acceptors (Lipinski definition) is 4. The summed E-state index contributed by atoms with van der Waals surface area (Å²) in [5.41, 5.74) is 2.05. The third-order valence-electron chi connectivity index (χ3n) is 6.04. The van der Waals surface area contributed by atoms with Crippen molar-refractivity contribution in [2.24, 2.45) is 0 Å². The third kappa shape index (κ3) is 4.00. The predicted molar refractivity (Wildman–Crippen MR) is 112 cm³/mol. The summed E-state index contributed by atoms with van der Waals surface area (Å²) in [7, 11) is 0. The quantitative estimate of drug-likeness (QED) is 0.788. The number of aromatic nitrogens is 1. The lowest BCUT2D eigenvalue weighted by molar-refractivity contribution is -0.135. The average Bonchev–Trinajstić information content (AvgIpc) is 2.69. The smallest absolute Gasteiger partial charge is 0.228 e. The summed E-state index contributed by atoms with van der Waals surface area (Å²) in [5.74, 6) is 0.393. The normalized spacial score (nSPS) is 25.4. The monoisotopic (exact) mass is 443 g/mol. The predicted octanol–water partition coefficient (Wildman–Crippen LogP) is 2.84. The van der Waals surface area contributed by atoms with Crippen molar-refractivity contribution < 1.29 is 9.90 Å². The maximum absolute atomic E-state index is 13.0. The fourth-order valence-corrected chi connectivity index (χ4v) is 4.89. The molecule has 4 rings (SSSR count). The zero-order chi connectivity index (χ0) is 19.5. The summed E-state index contributed by atoms with van der Waals surface area (Å²) in [6.45, 7) is 2.65. The highest BCUT2D eigenvalue weighted by Gasteiger charge is 2.49. The molecule has 148 valence electrons. The van der Waals surface area contributed by atoms with Crippen LogP contribution in [0.4, 0.5) is 0 Å². The lowest BCUT2D eigenvalue weighted by Gasteiger charge is -2.57. The van der Waals surface area contributed by atoms with Gasteiger partial charge in [0.25, 0.3) is 0 Å². The topological polar surface area (TPSA) is 56.7 Å². The number of halogens is 1. The molecule has 2 aliphatic rings. The van der Waals surface area contributed by atoms with Crippen molar-refractivity contribution in [1.82, 2.24) is 14.8 Å². The van der Waals surface area contributed by atoms with Gasteiger partial charge >= 0.3 is 0 Å². The largest absolute Gasteiger partial charge is 0.395 e. The van der Waals surface area contributed by atoms with Crippen LogP contribution in [0.3, 0.4) is 0 Å². The highest BCUT2D eigenvalue weighted by Crippen LogP contribution is 2.42. The molecule has 0 unspecified atom stereocenters. The molecule has 2 aromatic rings. The van der Waals surface area contributed by atoms with E-state index in [1.165, 1.54) is 5.56 Å². The first-order chi connectivity index (χ1) is 13.7. The molecule has 0 radical (unpaired) electrons. The Bertz CT molecular complexity index is 799. The molecule has 28 heavy (non-hydrogen) atoms. The average molecular weight is 444 g/mol. The Labute approximate surface area is 174 Å². The fraction of sp³-hybridized carbons (Fsp3) is 0.455. The molecular weight excluding hydrogens is 418 g/mol. The second kappa shape index (κ2) is 8.72. The second-order valence-corrected chi connectivity index (χ2v) is 8.59. The minimum atomic E-state index is 0.136. The Morgan fingerprint density at radius 1 is 1.14 bits per heavy atom. The Morgan fingerprint density at radius 3 is 2.64 bits per heavy atom. The van der Waals surface area contributed by atoms with Crippen LogP contribution in [0.2, 0.25) is 0 Å². The molecule has 0 aliphatic carbocycles. The van der Waals surface area contributed by atoms with Gasteiger partial charge < -0.3 is 10.0 Å². The van der Waals surface area contributed by atoms with E-state index in [4.69, 9.17) is 0 Å². The van der Waals surface area contributed by atoms with E-state index >= 15 is 0 Å². The van der Waals surface area contributed by atoms with Gasteiger partial charge in [-0.15, -0.1) is 0 Å². The molecule has 1 amide bonds. The van der Waals surface area contributed by atoms with Gasteiger partial charge in [-0.3, -0.25) is 14.7 Å². The van der Waals surface area contributed by atoms with Gasteiger partial charge in [0.05, 0.1) is 13.0 Å². The van der Waals surface area contributed by atoms with Gasteiger partial charge in [-0.25, -0.2) is 0 Å². The molecule has 6 heteroatoms. The van der Waals surface area contributed by atoms with E-state index in [2.05, 4.69) is 50.1 Å². The van der Waals surface area contributed by atoms with Crippen LogP contribution in [0.25, 0.3) is 0 Å². The summed E-state index contributed by atoms with van der Waals surface area (Å²) in [6, 6.07) is 14.5. The van der Waals surface area contributed by atoms with E-state index in [9.17, 15) is 9.90 Å². The molecule has 0 spiro atoms.